The van der Waals surface area contributed by atoms with Gasteiger partial charge in [0.2, 0.25) is 15.9 Å². The zero-order valence-electron chi connectivity index (χ0n) is 15.9. The van der Waals surface area contributed by atoms with Crippen LogP contribution < -0.4 is 5.32 Å². The molecular weight excluding hydrogens is 380 g/mol. The first kappa shape index (κ1) is 20.1. The molecule has 2 heterocycles. The van der Waals surface area contributed by atoms with Gasteiger partial charge < -0.3 is 15.2 Å². The Morgan fingerprint density at radius 1 is 1.21 bits per heavy atom. The first-order chi connectivity index (χ1) is 13.3. The maximum atomic E-state index is 12.7. The number of amides is 2. The Morgan fingerprint density at radius 2 is 1.93 bits per heavy atom. The van der Waals surface area contributed by atoms with E-state index in [1.807, 2.05) is 19.1 Å². The van der Waals surface area contributed by atoms with Gasteiger partial charge in [0.1, 0.15) is 10.6 Å². The van der Waals surface area contributed by atoms with Crippen LogP contribution in [0.5, 0.6) is 0 Å². The van der Waals surface area contributed by atoms with Gasteiger partial charge in [0.05, 0.1) is 6.54 Å². The van der Waals surface area contributed by atoms with Crippen molar-refractivity contribution in [2.45, 2.75) is 24.7 Å². The van der Waals surface area contributed by atoms with E-state index in [0.717, 1.165) is 22.7 Å². The Kier molecular flexibility index (Phi) is 5.85. The van der Waals surface area contributed by atoms with Gasteiger partial charge in [-0.25, -0.2) is 8.42 Å². The average Bonchev–Trinajstić information content (AvgIpc) is 3.33. The molecule has 1 aromatic carbocycles. The summed E-state index contributed by atoms with van der Waals surface area (Å²) in [5.74, 6) is -0.653. The number of likely N-dealkylation sites (tertiary alicyclic amines) is 1. The van der Waals surface area contributed by atoms with Crippen LogP contribution in [-0.4, -0.2) is 61.1 Å². The number of aromatic amines is 1. The lowest BCUT2D eigenvalue weighted by Gasteiger charge is -2.16. The molecule has 9 heteroatoms. The van der Waals surface area contributed by atoms with E-state index in [1.165, 1.54) is 19.3 Å². The van der Waals surface area contributed by atoms with E-state index in [2.05, 4.69) is 10.3 Å². The maximum Gasteiger partial charge on any atom is 0.270 e. The number of sulfonamides is 1. The van der Waals surface area contributed by atoms with Crippen molar-refractivity contribution in [1.82, 2.24) is 14.2 Å². The summed E-state index contributed by atoms with van der Waals surface area (Å²) in [6.45, 7) is 2.92. The van der Waals surface area contributed by atoms with Crippen LogP contribution in [0.4, 0.5) is 5.69 Å². The molecule has 0 spiro atoms. The van der Waals surface area contributed by atoms with Crippen LogP contribution in [0.25, 0.3) is 0 Å². The van der Waals surface area contributed by atoms with E-state index in [4.69, 9.17) is 0 Å². The van der Waals surface area contributed by atoms with Gasteiger partial charge in [-0.3, -0.25) is 9.59 Å². The summed E-state index contributed by atoms with van der Waals surface area (Å²) in [6, 6.07) is 8.57. The highest BCUT2D eigenvalue weighted by molar-refractivity contribution is 7.89. The first-order valence-corrected chi connectivity index (χ1v) is 10.5. The van der Waals surface area contributed by atoms with Gasteiger partial charge in [-0.2, -0.15) is 4.31 Å². The van der Waals surface area contributed by atoms with Gasteiger partial charge in [-0.1, -0.05) is 12.1 Å². The molecule has 2 aromatic rings. The lowest BCUT2D eigenvalue weighted by atomic mass is 10.2. The number of H-pyrrole nitrogens is 1. The van der Waals surface area contributed by atoms with Crippen molar-refractivity contribution < 1.29 is 18.0 Å². The molecule has 3 rings (SSSR count). The molecule has 1 saturated heterocycles. The molecular formula is C19H24N4O4S. The zero-order chi connectivity index (χ0) is 20.3. The Morgan fingerprint density at radius 3 is 2.61 bits per heavy atom. The number of benzene rings is 1. The first-order valence-electron chi connectivity index (χ1n) is 9.08. The molecule has 150 valence electrons. The number of nitrogens with one attached hydrogen (secondary N) is 2. The number of hydrogen-bond donors (Lipinski definition) is 2. The minimum Gasteiger partial charge on any atom is -0.356 e. The van der Waals surface area contributed by atoms with Crippen LogP contribution in [0.3, 0.4) is 0 Å². The summed E-state index contributed by atoms with van der Waals surface area (Å²) < 4.78 is 26.4. The SMILES string of the molecule is Cc1cccc(NC(=O)CN(C)S(=O)(=O)c2c[nH]c(C(=O)N3CCCC3)c2)c1. The number of carbonyl (C=O) groups excluding carboxylic acids is 2. The van der Waals surface area contributed by atoms with Crippen molar-refractivity contribution >= 4 is 27.5 Å². The third-order valence-electron chi connectivity index (χ3n) is 4.66. The van der Waals surface area contributed by atoms with E-state index in [1.54, 1.807) is 17.0 Å². The van der Waals surface area contributed by atoms with Crippen molar-refractivity contribution in [3.05, 3.63) is 47.8 Å². The van der Waals surface area contributed by atoms with Gasteiger partial charge in [-0.05, 0) is 43.5 Å². The van der Waals surface area contributed by atoms with Crippen molar-refractivity contribution in [3.8, 4) is 0 Å². The molecule has 0 aliphatic carbocycles. The molecule has 0 saturated carbocycles. The second-order valence-corrected chi connectivity index (χ2v) is 8.97. The number of hydrogen-bond acceptors (Lipinski definition) is 4. The average molecular weight is 404 g/mol. The molecule has 2 amide bonds. The van der Waals surface area contributed by atoms with E-state index in [0.29, 0.717) is 18.8 Å². The number of aromatic nitrogens is 1. The molecule has 1 aliphatic rings. The monoisotopic (exact) mass is 404 g/mol. The summed E-state index contributed by atoms with van der Waals surface area (Å²) in [7, 11) is -2.57. The molecule has 2 N–H and O–H groups in total. The summed E-state index contributed by atoms with van der Waals surface area (Å²) in [5, 5.41) is 2.68. The fourth-order valence-electron chi connectivity index (χ4n) is 3.13. The van der Waals surface area contributed by atoms with Crippen LogP contribution in [0.15, 0.2) is 41.4 Å². The maximum absolute atomic E-state index is 12.7. The second-order valence-electron chi connectivity index (χ2n) is 6.93. The van der Waals surface area contributed by atoms with Crippen molar-refractivity contribution in [1.29, 1.82) is 0 Å². The minimum absolute atomic E-state index is 0.0408. The molecule has 0 atom stereocenters. The Balaban J connectivity index is 1.66. The number of carbonyl (C=O) groups is 2. The Labute approximate surface area is 164 Å². The number of likely N-dealkylation sites (N-methyl/N-ethyl adjacent to an activating group) is 1. The van der Waals surface area contributed by atoms with Crippen LogP contribution in [0.1, 0.15) is 28.9 Å². The summed E-state index contributed by atoms with van der Waals surface area (Å²) >= 11 is 0. The molecule has 1 fully saturated rings. The van der Waals surface area contributed by atoms with Crippen LogP contribution in [0, 0.1) is 6.92 Å². The van der Waals surface area contributed by atoms with Crippen molar-refractivity contribution in [2.24, 2.45) is 0 Å². The molecule has 0 bridgehead atoms. The predicted octanol–water partition coefficient (Wildman–Crippen LogP) is 1.82. The molecule has 1 aromatic heterocycles. The lowest BCUT2D eigenvalue weighted by molar-refractivity contribution is -0.116. The minimum atomic E-state index is -3.90. The number of nitrogens with zero attached hydrogens (tertiary/aromatic N) is 2. The number of anilines is 1. The van der Waals surface area contributed by atoms with E-state index >= 15 is 0 Å². The Bertz CT molecular complexity index is 977. The highest BCUT2D eigenvalue weighted by atomic mass is 32.2. The largest absolute Gasteiger partial charge is 0.356 e. The summed E-state index contributed by atoms with van der Waals surface area (Å²) in [6.07, 6.45) is 3.19. The lowest BCUT2D eigenvalue weighted by Crippen LogP contribution is -2.34. The smallest absolute Gasteiger partial charge is 0.270 e. The number of aryl methyl sites for hydroxylation is 1. The molecule has 8 nitrogen and oxygen atoms in total. The van der Waals surface area contributed by atoms with E-state index in [-0.39, 0.29) is 23.0 Å². The summed E-state index contributed by atoms with van der Waals surface area (Å²) in [4.78, 5) is 29.0. The zero-order valence-corrected chi connectivity index (χ0v) is 16.8. The van der Waals surface area contributed by atoms with Gasteiger partial charge in [0, 0.05) is 32.0 Å². The van der Waals surface area contributed by atoms with Gasteiger partial charge in [-0.15, -0.1) is 0 Å². The Hall–Kier alpha value is -2.65. The van der Waals surface area contributed by atoms with E-state index < -0.39 is 15.9 Å². The highest BCUT2D eigenvalue weighted by Gasteiger charge is 2.27. The topological polar surface area (TPSA) is 103 Å². The molecule has 28 heavy (non-hydrogen) atoms. The summed E-state index contributed by atoms with van der Waals surface area (Å²) in [5.41, 5.74) is 1.83. The van der Waals surface area contributed by atoms with Crippen LogP contribution >= 0.6 is 0 Å². The van der Waals surface area contributed by atoms with Crippen molar-refractivity contribution in [3.63, 3.8) is 0 Å². The molecule has 1 aliphatic heterocycles. The van der Waals surface area contributed by atoms with Gasteiger partial charge in [0.25, 0.3) is 5.91 Å². The standard InChI is InChI=1S/C19H24N4O4S/c1-14-6-5-7-15(10-14)21-18(24)13-22(2)28(26,27)16-11-17(20-12-16)19(25)23-8-3-4-9-23/h5-7,10-12,20H,3-4,8-9,13H2,1-2H3,(H,21,24). The predicted molar refractivity (Wildman–Crippen MR) is 106 cm³/mol. The molecule has 0 unspecified atom stereocenters. The van der Waals surface area contributed by atoms with Gasteiger partial charge >= 0.3 is 0 Å². The van der Waals surface area contributed by atoms with Crippen LogP contribution in [-0.2, 0) is 14.8 Å². The quantitative estimate of drug-likeness (QED) is 0.766. The normalized spacial score (nSPS) is 14.5. The fourth-order valence-corrected chi connectivity index (χ4v) is 4.25. The third kappa shape index (κ3) is 4.42. The van der Waals surface area contributed by atoms with Crippen LogP contribution in [0.2, 0.25) is 0 Å². The third-order valence-corrected chi connectivity index (χ3v) is 6.44. The fraction of sp³-hybridized carbons (Fsp3) is 0.368. The highest BCUT2D eigenvalue weighted by Crippen LogP contribution is 2.19. The number of rotatable bonds is 6. The van der Waals surface area contributed by atoms with Crippen molar-refractivity contribution in [2.75, 3.05) is 32.0 Å². The molecule has 0 radical (unpaired) electrons. The van der Waals surface area contributed by atoms with Gasteiger partial charge in [0.15, 0.2) is 0 Å². The second kappa shape index (κ2) is 8.15. The van der Waals surface area contributed by atoms with E-state index in [9.17, 15) is 18.0 Å².